The molecule has 1 aliphatic heterocycles. The first kappa shape index (κ1) is 28.3. The summed E-state index contributed by atoms with van der Waals surface area (Å²) in [6.07, 6.45) is 3.07. The molecule has 2 heterocycles. The van der Waals surface area contributed by atoms with Crippen LogP contribution in [-0.2, 0) is 20.9 Å². The van der Waals surface area contributed by atoms with Crippen molar-refractivity contribution in [3.8, 4) is 5.75 Å². The van der Waals surface area contributed by atoms with E-state index in [2.05, 4.69) is 43.2 Å². The fourth-order valence-electron chi connectivity index (χ4n) is 3.54. The summed E-state index contributed by atoms with van der Waals surface area (Å²) in [4.78, 5) is 9.72. The van der Waals surface area contributed by atoms with Gasteiger partial charge in [0.1, 0.15) is 18.2 Å². The highest BCUT2D eigenvalue weighted by Gasteiger charge is 2.30. The van der Waals surface area contributed by atoms with Crippen molar-refractivity contribution >= 4 is 11.6 Å². The molecule has 0 bridgehead atoms. The zero-order valence-electron chi connectivity index (χ0n) is 22.0. The molecule has 0 aliphatic carbocycles. The minimum atomic E-state index is -1.40. The number of aryl methyl sites for hydroxylation is 1. The van der Waals surface area contributed by atoms with Crippen molar-refractivity contribution in [2.45, 2.75) is 72.2 Å². The molecule has 0 saturated carbocycles. The van der Waals surface area contributed by atoms with Crippen molar-refractivity contribution in [3.05, 3.63) is 57.9 Å². The number of aromatic nitrogens is 1. The molecule has 0 saturated heterocycles. The van der Waals surface area contributed by atoms with E-state index in [-0.39, 0.29) is 11.6 Å². The highest BCUT2D eigenvalue weighted by atomic mass is 35.5. The number of hydrogen-bond acceptors (Lipinski definition) is 8. The van der Waals surface area contributed by atoms with Gasteiger partial charge >= 0.3 is 6.48 Å². The van der Waals surface area contributed by atoms with E-state index in [0.717, 1.165) is 34.5 Å². The lowest BCUT2D eigenvalue weighted by Crippen LogP contribution is -3.11. The molecule has 0 spiro atoms. The number of rotatable bonds is 12. The number of fused-ring (bicyclic) bond motifs is 1. The summed E-state index contributed by atoms with van der Waals surface area (Å²) in [6, 6.07) is 7.53. The van der Waals surface area contributed by atoms with E-state index in [0.29, 0.717) is 42.2 Å². The smallest absolute Gasteiger partial charge is 0.313 e. The predicted molar refractivity (Wildman–Crippen MR) is 135 cm³/mol. The Labute approximate surface area is 218 Å². The summed E-state index contributed by atoms with van der Waals surface area (Å²) in [5, 5.41) is 19.9. The molecule has 198 valence electrons. The van der Waals surface area contributed by atoms with Gasteiger partial charge in [0.15, 0.2) is 5.75 Å². The Bertz CT molecular complexity index is 1010. The predicted octanol–water partition coefficient (Wildman–Crippen LogP) is 4.36. The average molecular weight is 522 g/mol. The van der Waals surface area contributed by atoms with Gasteiger partial charge in [0, 0.05) is 22.3 Å². The lowest BCUT2D eigenvalue weighted by atomic mass is 10.0. The molecule has 3 rings (SSSR count). The second kappa shape index (κ2) is 12.8. The third-order valence-electron chi connectivity index (χ3n) is 6.32. The second-order valence-corrected chi connectivity index (χ2v) is 10.6. The van der Waals surface area contributed by atoms with Gasteiger partial charge < -0.3 is 24.2 Å². The number of quaternary nitrogens is 1. The number of aliphatic hydroxyl groups is 1. The van der Waals surface area contributed by atoms with Crippen LogP contribution in [0.1, 0.15) is 69.0 Å². The number of ether oxygens (including phenoxy) is 3. The molecule has 0 fully saturated rings. The van der Waals surface area contributed by atoms with Crippen LogP contribution in [0.5, 0.6) is 5.75 Å². The van der Waals surface area contributed by atoms with Crippen molar-refractivity contribution in [3.63, 3.8) is 0 Å². The Morgan fingerprint density at radius 3 is 2.61 bits per heavy atom. The Morgan fingerprint density at radius 1 is 1.22 bits per heavy atom. The van der Waals surface area contributed by atoms with Gasteiger partial charge in [0.05, 0.1) is 36.5 Å². The maximum atomic E-state index is 10.4. The van der Waals surface area contributed by atoms with Crippen LogP contribution in [0.3, 0.4) is 0 Å². The molecule has 1 aromatic heterocycles. The Hall–Kier alpha value is -2.30. The minimum Gasteiger partial charge on any atom is -0.439 e. The molecule has 9 nitrogen and oxygen atoms in total. The lowest BCUT2D eigenvalue weighted by molar-refractivity contribution is -0.940. The summed E-state index contributed by atoms with van der Waals surface area (Å²) in [6.45, 7) is 9.93. The van der Waals surface area contributed by atoms with Crippen LogP contribution in [-0.4, -0.2) is 42.4 Å². The van der Waals surface area contributed by atoms with Gasteiger partial charge in [-0.3, -0.25) is 4.98 Å². The monoisotopic (exact) mass is 521 g/mol. The second-order valence-electron chi connectivity index (χ2n) is 10.2. The molecular weight excluding hydrogens is 484 g/mol. The maximum Gasteiger partial charge on any atom is 0.313 e. The molecule has 2 aromatic rings. The molecule has 36 heavy (non-hydrogen) atoms. The summed E-state index contributed by atoms with van der Waals surface area (Å²) < 4.78 is 17.3. The zero-order valence-corrected chi connectivity index (χ0v) is 22.7. The minimum absolute atomic E-state index is 0.0275. The largest absolute Gasteiger partial charge is 0.439 e. The van der Waals surface area contributed by atoms with E-state index in [1.54, 1.807) is 6.20 Å². The number of hydrogen-bond donors (Lipinski definition) is 2. The van der Waals surface area contributed by atoms with E-state index >= 15 is 0 Å². The van der Waals surface area contributed by atoms with Gasteiger partial charge in [-0.2, -0.15) is 5.01 Å². The van der Waals surface area contributed by atoms with Crippen LogP contribution in [0.25, 0.3) is 0 Å². The number of nitrogens with zero attached hydrogens (tertiary/aromatic N) is 3. The normalized spacial score (nSPS) is 18.2. The molecule has 1 aliphatic rings. The first-order chi connectivity index (χ1) is 17.1. The summed E-state index contributed by atoms with van der Waals surface area (Å²) >= 11 is 6.01. The van der Waals surface area contributed by atoms with E-state index in [9.17, 15) is 5.11 Å². The topological polar surface area (TPSA) is 99.2 Å². The Balaban J connectivity index is 1.45. The lowest BCUT2D eigenvalue weighted by Gasteiger charge is -2.20. The molecule has 0 radical (unpaired) electrons. The van der Waals surface area contributed by atoms with Gasteiger partial charge in [-0.1, -0.05) is 30.7 Å². The van der Waals surface area contributed by atoms with Crippen molar-refractivity contribution in [2.75, 3.05) is 20.3 Å². The van der Waals surface area contributed by atoms with E-state index in [1.807, 2.05) is 38.2 Å². The maximum absolute atomic E-state index is 10.4. The first-order valence-electron chi connectivity index (χ1n) is 12.2. The van der Waals surface area contributed by atoms with Crippen molar-refractivity contribution in [1.82, 2.24) is 4.98 Å². The van der Waals surface area contributed by atoms with Crippen LogP contribution >= 0.6 is 11.6 Å². The SMILES string of the molecule is Cc1ncc2c(c1OC(O)OCCC(C)CCO/N=N/[NH+](C)C(C)(C)C)CO[C@H]2c1ccc(Cl)cc1. The van der Waals surface area contributed by atoms with Gasteiger partial charge in [-0.25, -0.2) is 0 Å². The number of benzene rings is 1. The fraction of sp³-hybridized carbons (Fsp3) is 0.577. The van der Waals surface area contributed by atoms with Crippen LogP contribution in [0, 0.1) is 12.8 Å². The van der Waals surface area contributed by atoms with Crippen LogP contribution in [0.15, 0.2) is 41.0 Å². The molecule has 0 amide bonds. The van der Waals surface area contributed by atoms with Gasteiger partial charge in [-0.15, -0.1) is 0 Å². The number of halogens is 1. The summed E-state index contributed by atoms with van der Waals surface area (Å²) in [7, 11) is 1.94. The summed E-state index contributed by atoms with van der Waals surface area (Å²) in [5.41, 5.74) is 3.39. The van der Waals surface area contributed by atoms with Crippen molar-refractivity contribution in [2.24, 2.45) is 16.4 Å². The van der Waals surface area contributed by atoms with Gasteiger partial charge in [0.25, 0.3) is 0 Å². The summed E-state index contributed by atoms with van der Waals surface area (Å²) in [5.74, 6) is 0.809. The molecular formula is C26H38ClN4O5+. The molecule has 1 aromatic carbocycles. The first-order valence-corrected chi connectivity index (χ1v) is 12.6. The van der Waals surface area contributed by atoms with E-state index < -0.39 is 6.48 Å². The molecule has 2 N–H and O–H groups in total. The van der Waals surface area contributed by atoms with Crippen LogP contribution in [0.2, 0.25) is 5.02 Å². The van der Waals surface area contributed by atoms with Crippen LogP contribution in [0.4, 0.5) is 0 Å². The molecule has 3 unspecified atom stereocenters. The van der Waals surface area contributed by atoms with Crippen molar-refractivity contribution in [1.29, 1.82) is 0 Å². The average Bonchev–Trinajstić information content (AvgIpc) is 3.25. The van der Waals surface area contributed by atoms with E-state index in [1.165, 1.54) is 0 Å². The van der Waals surface area contributed by atoms with E-state index in [4.69, 9.17) is 30.6 Å². The number of nitrogens with one attached hydrogen (secondary N) is 1. The third-order valence-corrected chi connectivity index (χ3v) is 6.58. The quantitative estimate of drug-likeness (QED) is 0.186. The van der Waals surface area contributed by atoms with Gasteiger partial charge in [-0.05, 0) is 64.2 Å². The molecule has 4 atom stereocenters. The highest BCUT2D eigenvalue weighted by Crippen LogP contribution is 2.41. The molecule has 10 heteroatoms. The highest BCUT2D eigenvalue weighted by molar-refractivity contribution is 6.30. The Kier molecular flexibility index (Phi) is 10.0. The zero-order chi connectivity index (χ0) is 26.3. The van der Waals surface area contributed by atoms with Crippen molar-refractivity contribution < 1.29 is 29.2 Å². The third kappa shape index (κ3) is 7.85. The number of pyridine rings is 1. The fourth-order valence-corrected chi connectivity index (χ4v) is 3.66. The standard InChI is InChI=1S/C26H37ClN4O5/c1-17(12-14-35-30-29-31(6)26(3,4)5)11-13-33-25(32)36-23-18(2)28-15-21-22(23)16-34-24(21)19-7-9-20(27)10-8-19/h7-10,15,17,24-25,32H,11-14,16H2,1-6H3/p+1/b30-29+/t17?,24-,25?/m0/s1. The number of aliphatic hydroxyl groups excluding tert-OH is 1. The Morgan fingerprint density at radius 2 is 1.92 bits per heavy atom. The van der Waals surface area contributed by atoms with Gasteiger partial charge in [0.2, 0.25) is 0 Å². The van der Waals surface area contributed by atoms with Crippen LogP contribution < -0.4 is 9.75 Å².